The highest BCUT2D eigenvalue weighted by Crippen LogP contribution is 2.30. The maximum Gasteiger partial charge on any atom is 0.254 e. The molecule has 0 radical (unpaired) electrons. The van der Waals surface area contributed by atoms with E-state index >= 15 is 0 Å². The van der Waals surface area contributed by atoms with Crippen LogP contribution in [0.2, 0.25) is 0 Å². The average Bonchev–Trinajstić information content (AvgIpc) is 2.89. The lowest BCUT2D eigenvalue weighted by atomic mass is 10.2. The molecular formula is C16H17N5O2. The van der Waals surface area contributed by atoms with Gasteiger partial charge >= 0.3 is 0 Å². The Morgan fingerprint density at radius 3 is 2.96 bits per heavy atom. The number of nitrogens with one attached hydrogen (secondary N) is 1. The van der Waals surface area contributed by atoms with E-state index in [1.165, 1.54) is 6.33 Å². The normalized spacial score (nSPS) is 13.8. The number of aryl methyl sites for hydroxylation is 1. The van der Waals surface area contributed by atoms with Crippen LogP contribution < -0.4 is 14.8 Å². The fourth-order valence-electron chi connectivity index (χ4n) is 2.57. The predicted octanol–water partition coefficient (Wildman–Crippen LogP) is 2.21. The summed E-state index contributed by atoms with van der Waals surface area (Å²) in [6.07, 6.45) is 2.41. The van der Waals surface area contributed by atoms with Crippen LogP contribution in [0.1, 0.15) is 17.7 Å². The van der Waals surface area contributed by atoms with Crippen molar-refractivity contribution in [2.75, 3.05) is 18.5 Å². The quantitative estimate of drug-likeness (QED) is 0.799. The molecule has 23 heavy (non-hydrogen) atoms. The molecule has 4 rings (SSSR count). The Hall–Kier alpha value is -2.83. The van der Waals surface area contributed by atoms with Gasteiger partial charge in [-0.25, -0.2) is 4.98 Å². The first-order valence-corrected chi connectivity index (χ1v) is 7.59. The van der Waals surface area contributed by atoms with Crippen molar-refractivity contribution < 1.29 is 9.47 Å². The van der Waals surface area contributed by atoms with Crippen LogP contribution in [0.5, 0.6) is 11.5 Å². The summed E-state index contributed by atoms with van der Waals surface area (Å²) in [5, 5.41) is 7.57. The molecule has 0 bridgehead atoms. The summed E-state index contributed by atoms with van der Waals surface area (Å²) in [6, 6.07) is 7.96. The molecule has 3 aromatic rings. The molecule has 0 saturated carbocycles. The third-order valence-electron chi connectivity index (χ3n) is 3.67. The SMILES string of the molecule is Cc1cc(NCc2ccc3c(c2)OCCCO3)n2ncnc2n1. The summed E-state index contributed by atoms with van der Waals surface area (Å²) in [5.74, 6) is 3.06. The number of anilines is 1. The molecule has 7 heteroatoms. The first-order chi connectivity index (χ1) is 11.3. The minimum atomic E-state index is 0.589. The molecule has 2 aromatic heterocycles. The van der Waals surface area contributed by atoms with Gasteiger partial charge in [0.15, 0.2) is 11.5 Å². The van der Waals surface area contributed by atoms with Gasteiger partial charge < -0.3 is 14.8 Å². The highest BCUT2D eigenvalue weighted by atomic mass is 16.5. The minimum Gasteiger partial charge on any atom is -0.490 e. The standard InChI is InChI=1S/C16H17N5O2/c1-11-7-15(21-16(20-11)18-10-19-21)17-9-12-3-4-13-14(8-12)23-6-2-5-22-13/h3-4,7-8,10,17H,2,5-6,9H2,1H3. The Morgan fingerprint density at radius 1 is 1.17 bits per heavy atom. The first kappa shape index (κ1) is 13.8. The lowest BCUT2D eigenvalue weighted by molar-refractivity contribution is 0.297. The zero-order chi connectivity index (χ0) is 15.6. The molecule has 3 heterocycles. The maximum atomic E-state index is 5.73. The average molecular weight is 311 g/mol. The zero-order valence-electron chi connectivity index (χ0n) is 12.8. The van der Waals surface area contributed by atoms with Gasteiger partial charge in [-0.3, -0.25) is 0 Å². The van der Waals surface area contributed by atoms with E-state index in [0.29, 0.717) is 25.5 Å². The van der Waals surface area contributed by atoms with E-state index in [1.54, 1.807) is 4.52 Å². The van der Waals surface area contributed by atoms with Gasteiger partial charge in [0, 0.05) is 24.7 Å². The van der Waals surface area contributed by atoms with Crippen LogP contribution in [0, 0.1) is 6.92 Å². The van der Waals surface area contributed by atoms with Crippen LogP contribution in [-0.4, -0.2) is 32.8 Å². The number of aromatic nitrogens is 4. The molecule has 0 saturated heterocycles. The molecule has 0 atom stereocenters. The zero-order valence-corrected chi connectivity index (χ0v) is 12.8. The molecular weight excluding hydrogens is 294 g/mol. The van der Waals surface area contributed by atoms with Gasteiger partial charge in [-0.05, 0) is 24.6 Å². The molecule has 0 spiro atoms. The number of rotatable bonds is 3. The van der Waals surface area contributed by atoms with Crippen LogP contribution >= 0.6 is 0 Å². The molecule has 1 N–H and O–H groups in total. The van der Waals surface area contributed by atoms with Crippen LogP contribution in [0.25, 0.3) is 5.78 Å². The molecule has 0 fully saturated rings. The molecule has 118 valence electrons. The third-order valence-corrected chi connectivity index (χ3v) is 3.67. The van der Waals surface area contributed by atoms with E-state index < -0.39 is 0 Å². The minimum absolute atomic E-state index is 0.589. The fraction of sp³-hybridized carbons (Fsp3) is 0.312. The molecule has 1 aliphatic heterocycles. The Kier molecular flexibility index (Phi) is 3.45. The molecule has 0 unspecified atom stereocenters. The van der Waals surface area contributed by atoms with E-state index in [-0.39, 0.29) is 0 Å². The van der Waals surface area contributed by atoms with Crippen molar-refractivity contribution in [1.82, 2.24) is 19.6 Å². The van der Waals surface area contributed by atoms with E-state index in [0.717, 1.165) is 35.0 Å². The van der Waals surface area contributed by atoms with E-state index in [9.17, 15) is 0 Å². The molecule has 1 aromatic carbocycles. The van der Waals surface area contributed by atoms with Gasteiger partial charge in [-0.1, -0.05) is 6.07 Å². The second-order valence-electron chi connectivity index (χ2n) is 5.44. The second-order valence-corrected chi connectivity index (χ2v) is 5.44. The summed E-state index contributed by atoms with van der Waals surface area (Å²) in [7, 11) is 0. The lowest BCUT2D eigenvalue weighted by Crippen LogP contribution is -2.07. The third kappa shape index (κ3) is 2.77. The summed E-state index contributed by atoms with van der Waals surface area (Å²) in [4.78, 5) is 8.46. The van der Waals surface area contributed by atoms with E-state index in [2.05, 4.69) is 20.4 Å². The molecule has 0 amide bonds. The Labute approximate surface area is 133 Å². The number of ether oxygens (including phenoxy) is 2. The molecule has 1 aliphatic rings. The maximum absolute atomic E-state index is 5.73. The summed E-state index contributed by atoms with van der Waals surface area (Å²) >= 11 is 0. The number of nitrogens with zero attached hydrogens (tertiary/aromatic N) is 4. The van der Waals surface area contributed by atoms with Gasteiger partial charge in [0.05, 0.1) is 13.2 Å². The lowest BCUT2D eigenvalue weighted by Gasteiger charge is -2.11. The Morgan fingerprint density at radius 2 is 2.04 bits per heavy atom. The monoisotopic (exact) mass is 311 g/mol. The number of hydrogen-bond donors (Lipinski definition) is 1. The van der Waals surface area contributed by atoms with Crippen molar-refractivity contribution in [1.29, 1.82) is 0 Å². The highest BCUT2D eigenvalue weighted by molar-refractivity contribution is 5.47. The van der Waals surface area contributed by atoms with Crippen molar-refractivity contribution in [3.05, 3.63) is 41.9 Å². The van der Waals surface area contributed by atoms with Crippen LogP contribution in [-0.2, 0) is 6.54 Å². The molecule has 7 nitrogen and oxygen atoms in total. The largest absolute Gasteiger partial charge is 0.490 e. The van der Waals surface area contributed by atoms with E-state index in [4.69, 9.17) is 9.47 Å². The van der Waals surface area contributed by atoms with Gasteiger partial charge in [0.2, 0.25) is 0 Å². The van der Waals surface area contributed by atoms with Crippen LogP contribution in [0.3, 0.4) is 0 Å². The van der Waals surface area contributed by atoms with Crippen molar-refractivity contribution in [2.24, 2.45) is 0 Å². The summed E-state index contributed by atoms with van der Waals surface area (Å²) < 4.78 is 13.1. The first-order valence-electron chi connectivity index (χ1n) is 7.59. The van der Waals surface area contributed by atoms with Crippen LogP contribution in [0.15, 0.2) is 30.6 Å². The predicted molar refractivity (Wildman–Crippen MR) is 84.9 cm³/mol. The van der Waals surface area contributed by atoms with Crippen molar-refractivity contribution in [3.63, 3.8) is 0 Å². The molecule has 0 aliphatic carbocycles. The summed E-state index contributed by atoms with van der Waals surface area (Å²) in [5.41, 5.74) is 2.00. The van der Waals surface area contributed by atoms with E-state index in [1.807, 2.05) is 31.2 Å². The Bertz CT molecular complexity index is 846. The van der Waals surface area contributed by atoms with Gasteiger partial charge in [0.1, 0.15) is 12.1 Å². The smallest absolute Gasteiger partial charge is 0.254 e. The van der Waals surface area contributed by atoms with Crippen molar-refractivity contribution >= 4 is 11.6 Å². The Balaban J connectivity index is 1.56. The highest BCUT2D eigenvalue weighted by Gasteiger charge is 2.11. The van der Waals surface area contributed by atoms with Crippen molar-refractivity contribution in [3.8, 4) is 11.5 Å². The van der Waals surface area contributed by atoms with Gasteiger partial charge in [-0.15, -0.1) is 0 Å². The van der Waals surface area contributed by atoms with Gasteiger partial charge in [-0.2, -0.15) is 14.6 Å². The topological polar surface area (TPSA) is 73.6 Å². The summed E-state index contributed by atoms with van der Waals surface area (Å²) in [6.45, 7) is 3.97. The second kappa shape index (κ2) is 5.75. The van der Waals surface area contributed by atoms with Gasteiger partial charge in [0.25, 0.3) is 5.78 Å². The number of hydrogen-bond acceptors (Lipinski definition) is 6. The van der Waals surface area contributed by atoms with Crippen LogP contribution in [0.4, 0.5) is 5.82 Å². The number of benzene rings is 1. The van der Waals surface area contributed by atoms with Crippen molar-refractivity contribution in [2.45, 2.75) is 19.9 Å². The number of fused-ring (bicyclic) bond motifs is 2. The fourth-order valence-corrected chi connectivity index (χ4v) is 2.57.